The van der Waals surface area contributed by atoms with Crippen molar-refractivity contribution in [1.82, 2.24) is 14.9 Å². The first kappa shape index (κ1) is 14.2. The van der Waals surface area contributed by atoms with Gasteiger partial charge in [-0.1, -0.05) is 0 Å². The molecule has 1 aromatic heterocycles. The molecule has 1 aliphatic heterocycles. The smallest absolute Gasteiger partial charge is 0.222 e. The molecule has 0 spiro atoms. The molecule has 1 saturated heterocycles. The van der Waals surface area contributed by atoms with E-state index in [-0.39, 0.29) is 5.54 Å². The van der Waals surface area contributed by atoms with Crippen LogP contribution in [0.3, 0.4) is 0 Å². The first-order valence-corrected chi connectivity index (χ1v) is 6.97. The average Bonchev–Trinajstić information content (AvgIpc) is 2.36. The summed E-state index contributed by atoms with van der Waals surface area (Å²) in [6.45, 7) is 6.92. The van der Waals surface area contributed by atoms with Gasteiger partial charge >= 0.3 is 0 Å². The van der Waals surface area contributed by atoms with Crippen LogP contribution in [-0.4, -0.2) is 47.1 Å². The minimum absolute atomic E-state index is 0.256. The lowest BCUT2D eigenvalue weighted by atomic mass is 9.93. The summed E-state index contributed by atoms with van der Waals surface area (Å²) >= 11 is 0. The van der Waals surface area contributed by atoms with Gasteiger partial charge in [-0.3, -0.25) is 0 Å². The molecule has 0 aromatic carbocycles. The van der Waals surface area contributed by atoms with Crippen LogP contribution in [-0.2, 0) is 0 Å². The topological polar surface area (TPSA) is 67.1 Å². The van der Waals surface area contributed by atoms with Gasteiger partial charge in [0.1, 0.15) is 0 Å². The minimum atomic E-state index is -0.256. The Bertz CT molecular complexity index is 395. The first-order chi connectivity index (χ1) is 8.94. The van der Waals surface area contributed by atoms with Gasteiger partial charge in [-0.25, -0.2) is 9.97 Å². The van der Waals surface area contributed by atoms with E-state index >= 15 is 0 Å². The Balaban J connectivity index is 1.94. The molecule has 2 rings (SSSR count). The number of hydrogen-bond acceptors (Lipinski definition) is 5. The fourth-order valence-corrected chi connectivity index (χ4v) is 2.39. The zero-order chi connectivity index (χ0) is 13.9. The summed E-state index contributed by atoms with van der Waals surface area (Å²) in [4.78, 5) is 11.1. The molecule has 5 nitrogen and oxygen atoms in total. The Morgan fingerprint density at radius 3 is 2.68 bits per heavy atom. The predicted octanol–water partition coefficient (Wildman–Crippen LogP) is 1.43. The van der Waals surface area contributed by atoms with Gasteiger partial charge in [0.15, 0.2) is 0 Å². The van der Waals surface area contributed by atoms with Gasteiger partial charge in [0.25, 0.3) is 0 Å². The number of anilines is 1. The van der Waals surface area contributed by atoms with Crippen LogP contribution in [0, 0.1) is 0 Å². The number of piperidine rings is 1. The number of nitrogens with two attached hydrogens (primary N) is 1. The van der Waals surface area contributed by atoms with Crippen molar-refractivity contribution in [2.75, 3.05) is 32.0 Å². The minimum Gasteiger partial charge on any atom is -0.352 e. The van der Waals surface area contributed by atoms with Crippen LogP contribution in [0.25, 0.3) is 0 Å². The van der Waals surface area contributed by atoms with E-state index in [1.54, 1.807) is 0 Å². The lowest BCUT2D eigenvalue weighted by Crippen LogP contribution is -2.40. The highest BCUT2D eigenvalue weighted by atomic mass is 15.1. The molecule has 106 valence electrons. The second-order valence-corrected chi connectivity index (χ2v) is 6.28. The number of hydrogen-bond donors (Lipinski definition) is 2. The summed E-state index contributed by atoms with van der Waals surface area (Å²) < 4.78 is 0. The van der Waals surface area contributed by atoms with E-state index in [0.29, 0.717) is 18.4 Å². The number of likely N-dealkylation sites (tertiary alicyclic amines) is 1. The molecule has 2 heterocycles. The molecule has 19 heavy (non-hydrogen) atoms. The standard InChI is InChI=1S/C14H25N5/c1-14(2,15)10-18-13-16-7-12(8-17-13)11-5-4-6-19(3)9-11/h7-8,11H,4-6,9-10,15H2,1-3H3,(H,16,17,18). The van der Waals surface area contributed by atoms with Crippen LogP contribution < -0.4 is 11.1 Å². The van der Waals surface area contributed by atoms with Crippen LogP contribution in [0.4, 0.5) is 5.95 Å². The number of likely N-dealkylation sites (N-methyl/N-ethyl adjacent to an activating group) is 1. The highest BCUT2D eigenvalue weighted by Gasteiger charge is 2.19. The lowest BCUT2D eigenvalue weighted by Gasteiger charge is -2.29. The SMILES string of the molecule is CN1CCCC(c2cnc(NCC(C)(C)N)nc2)C1. The molecular weight excluding hydrogens is 238 g/mol. The Kier molecular flexibility index (Phi) is 4.37. The van der Waals surface area contributed by atoms with Crippen molar-refractivity contribution in [1.29, 1.82) is 0 Å². The predicted molar refractivity (Wildman–Crippen MR) is 78.3 cm³/mol. The summed E-state index contributed by atoms with van der Waals surface area (Å²) in [5.41, 5.74) is 6.91. The van der Waals surface area contributed by atoms with Crippen molar-refractivity contribution < 1.29 is 0 Å². The third-order valence-electron chi connectivity index (χ3n) is 3.47. The summed E-state index contributed by atoms with van der Waals surface area (Å²) in [6, 6.07) is 0. The number of nitrogens with one attached hydrogen (secondary N) is 1. The maximum atomic E-state index is 5.92. The van der Waals surface area contributed by atoms with E-state index in [4.69, 9.17) is 5.73 Å². The number of aromatic nitrogens is 2. The van der Waals surface area contributed by atoms with E-state index in [2.05, 4.69) is 27.2 Å². The maximum absolute atomic E-state index is 5.92. The van der Waals surface area contributed by atoms with Crippen molar-refractivity contribution >= 4 is 5.95 Å². The van der Waals surface area contributed by atoms with Crippen molar-refractivity contribution in [3.8, 4) is 0 Å². The lowest BCUT2D eigenvalue weighted by molar-refractivity contribution is 0.250. The maximum Gasteiger partial charge on any atom is 0.222 e. The quantitative estimate of drug-likeness (QED) is 0.860. The summed E-state index contributed by atoms with van der Waals surface area (Å²) in [7, 11) is 2.17. The van der Waals surface area contributed by atoms with Crippen LogP contribution in [0.5, 0.6) is 0 Å². The molecule has 1 aromatic rings. The van der Waals surface area contributed by atoms with Crippen molar-refractivity contribution in [3.05, 3.63) is 18.0 Å². The molecule has 1 aliphatic rings. The fourth-order valence-electron chi connectivity index (χ4n) is 2.39. The van der Waals surface area contributed by atoms with Crippen LogP contribution in [0.15, 0.2) is 12.4 Å². The van der Waals surface area contributed by atoms with E-state index in [1.807, 2.05) is 26.2 Å². The summed E-state index contributed by atoms with van der Waals surface area (Å²) in [5.74, 6) is 1.23. The molecule has 5 heteroatoms. The molecule has 0 amide bonds. The molecule has 1 fully saturated rings. The van der Waals surface area contributed by atoms with Crippen molar-refractivity contribution in [2.24, 2.45) is 5.73 Å². The average molecular weight is 263 g/mol. The van der Waals surface area contributed by atoms with Gasteiger partial charge in [-0.05, 0) is 51.8 Å². The summed E-state index contributed by atoms with van der Waals surface area (Å²) in [5, 5.41) is 3.17. The largest absolute Gasteiger partial charge is 0.352 e. The molecule has 0 aliphatic carbocycles. The van der Waals surface area contributed by atoms with Crippen molar-refractivity contribution in [3.63, 3.8) is 0 Å². The van der Waals surface area contributed by atoms with Gasteiger partial charge in [-0.15, -0.1) is 0 Å². The van der Waals surface area contributed by atoms with Gasteiger partial charge in [0.2, 0.25) is 5.95 Å². The second-order valence-electron chi connectivity index (χ2n) is 6.28. The number of rotatable bonds is 4. The second kappa shape index (κ2) is 5.84. The van der Waals surface area contributed by atoms with E-state index in [0.717, 1.165) is 6.54 Å². The fraction of sp³-hybridized carbons (Fsp3) is 0.714. The van der Waals surface area contributed by atoms with E-state index < -0.39 is 0 Å². The molecule has 0 bridgehead atoms. The van der Waals surface area contributed by atoms with E-state index in [9.17, 15) is 0 Å². The van der Waals surface area contributed by atoms with Gasteiger partial charge < -0.3 is 16.0 Å². The molecule has 3 N–H and O–H groups in total. The molecule has 1 atom stereocenters. The third-order valence-corrected chi connectivity index (χ3v) is 3.47. The van der Waals surface area contributed by atoms with Crippen LogP contribution >= 0.6 is 0 Å². The monoisotopic (exact) mass is 263 g/mol. The first-order valence-electron chi connectivity index (χ1n) is 6.97. The molecule has 1 unspecified atom stereocenters. The van der Waals surface area contributed by atoms with Crippen LogP contribution in [0.1, 0.15) is 38.2 Å². The Hall–Kier alpha value is -1.20. The summed E-state index contributed by atoms with van der Waals surface area (Å²) in [6.07, 6.45) is 6.38. The van der Waals surface area contributed by atoms with E-state index in [1.165, 1.54) is 24.9 Å². The third kappa shape index (κ3) is 4.44. The van der Waals surface area contributed by atoms with Crippen LogP contribution in [0.2, 0.25) is 0 Å². The van der Waals surface area contributed by atoms with Gasteiger partial charge in [-0.2, -0.15) is 0 Å². The number of nitrogens with zero attached hydrogens (tertiary/aromatic N) is 3. The Morgan fingerprint density at radius 1 is 1.42 bits per heavy atom. The van der Waals surface area contributed by atoms with Gasteiger partial charge in [0, 0.05) is 31.0 Å². The molecule has 0 saturated carbocycles. The molecular formula is C14H25N5. The zero-order valence-electron chi connectivity index (χ0n) is 12.2. The highest BCUT2D eigenvalue weighted by Crippen LogP contribution is 2.25. The van der Waals surface area contributed by atoms with Gasteiger partial charge in [0.05, 0.1) is 0 Å². The normalized spacial score (nSPS) is 21.4. The molecule has 0 radical (unpaired) electrons. The Labute approximate surface area is 115 Å². The van der Waals surface area contributed by atoms with Crippen molar-refractivity contribution in [2.45, 2.75) is 38.1 Å². The highest BCUT2D eigenvalue weighted by molar-refractivity contribution is 5.27. The zero-order valence-corrected chi connectivity index (χ0v) is 12.2. The Morgan fingerprint density at radius 2 is 2.11 bits per heavy atom.